The van der Waals surface area contributed by atoms with Gasteiger partial charge < -0.3 is 14.9 Å². The van der Waals surface area contributed by atoms with Gasteiger partial charge in [-0.1, -0.05) is 6.92 Å². The number of hydrogen-bond donors (Lipinski definition) is 2. The number of rotatable bonds is 2. The molecule has 4 fully saturated rings. The first-order chi connectivity index (χ1) is 11.0. The standard InChI is InChI=1S/C20H34O3/c1-19-9-8-17-15(16(19)5-6-18(19)23-2)4-3-13-11-14(22)7-10-20(13,17)12-21/h13-18,21-22H,3-12H2,1-2H3/t13-,14?,15-,16-,17-,18-,19-,20+/m0/s1. The number of hydrogen-bond acceptors (Lipinski definition) is 3. The molecule has 4 aliphatic rings. The highest BCUT2D eigenvalue weighted by Crippen LogP contribution is 2.66. The molecule has 0 aliphatic heterocycles. The van der Waals surface area contributed by atoms with Crippen molar-refractivity contribution in [1.29, 1.82) is 0 Å². The van der Waals surface area contributed by atoms with Gasteiger partial charge in [-0.3, -0.25) is 0 Å². The van der Waals surface area contributed by atoms with Crippen molar-refractivity contribution in [2.45, 2.75) is 76.9 Å². The Morgan fingerprint density at radius 1 is 1.00 bits per heavy atom. The monoisotopic (exact) mass is 322 g/mol. The Morgan fingerprint density at radius 3 is 2.57 bits per heavy atom. The summed E-state index contributed by atoms with van der Waals surface area (Å²) in [5.74, 6) is 2.77. The fourth-order valence-corrected chi connectivity index (χ4v) is 7.68. The molecule has 0 heterocycles. The van der Waals surface area contributed by atoms with Crippen LogP contribution in [0.25, 0.3) is 0 Å². The summed E-state index contributed by atoms with van der Waals surface area (Å²) in [5, 5.41) is 20.5. The van der Waals surface area contributed by atoms with Crippen molar-refractivity contribution in [3.05, 3.63) is 0 Å². The second kappa shape index (κ2) is 5.71. The molecule has 132 valence electrons. The summed E-state index contributed by atoms with van der Waals surface area (Å²) in [6, 6.07) is 0. The third kappa shape index (κ3) is 2.19. The number of aliphatic hydroxyl groups excluding tert-OH is 2. The first-order valence-corrected chi connectivity index (χ1v) is 9.87. The largest absolute Gasteiger partial charge is 0.396 e. The van der Waals surface area contributed by atoms with Crippen LogP contribution < -0.4 is 0 Å². The topological polar surface area (TPSA) is 49.7 Å². The minimum Gasteiger partial charge on any atom is -0.396 e. The number of ether oxygens (including phenoxy) is 1. The van der Waals surface area contributed by atoms with E-state index in [-0.39, 0.29) is 11.5 Å². The zero-order valence-electron chi connectivity index (χ0n) is 14.8. The van der Waals surface area contributed by atoms with Gasteiger partial charge in [0.25, 0.3) is 0 Å². The molecular formula is C20H34O3. The van der Waals surface area contributed by atoms with E-state index in [1.165, 1.54) is 38.5 Å². The zero-order valence-corrected chi connectivity index (χ0v) is 14.8. The lowest BCUT2D eigenvalue weighted by molar-refractivity contribution is -0.160. The number of aliphatic hydroxyl groups is 2. The van der Waals surface area contributed by atoms with Crippen molar-refractivity contribution in [2.75, 3.05) is 13.7 Å². The van der Waals surface area contributed by atoms with E-state index in [4.69, 9.17) is 4.74 Å². The zero-order chi connectivity index (χ0) is 16.2. The predicted octanol–water partition coefficient (Wildman–Crippen LogP) is 3.38. The van der Waals surface area contributed by atoms with E-state index in [0.717, 1.165) is 31.1 Å². The van der Waals surface area contributed by atoms with Gasteiger partial charge in [0, 0.05) is 13.7 Å². The fraction of sp³-hybridized carbons (Fsp3) is 1.00. The van der Waals surface area contributed by atoms with Gasteiger partial charge in [0.15, 0.2) is 0 Å². The van der Waals surface area contributed by atoms with Gasteiger partial charge in [0.1, 0.15) is 0 Å². The highest BCUT2D eigenvalue weighted by Gasteiger charge is 2.61. The van der Waals surface area contributed by atoms with E-state index < -0.39 is 0 Å². The van der Waals surface area contributed by atoms with Gasteiger partial charge in [0.05, 0.1) is 12.2 Å². The molecule has 0 saturated heterocycles. The highest BCUT2D eigenvalue weighted by molar-refractivity contribution is 5.10. The molecule has 2 N–H and O–H groups in total. The molecular weight excluding hydrogens is 288 g/mol. The van der Waals surface area contributed by atoms with Gasteiger partial charge in [-0.25, -0.2) is 0 Å². The Balaban J connectivity index is 1.63. The normalized spacial score (nSPS) is 55.8. The Hall–Kier alpha value is -0.120. The Kier molecular flexibility index (Phi) is 4.06. The number of methoxy groups -OCH3 is 1. The maximum atomic E-state index is 10.4. The summed E-state index contributed by atoms with van der Waals surface area (Å²) < 4.78 is 5.85. The maximum absolute atomic E-state index is 10.4. The Bertz CT molecular complexity index is 452. The molecule has 0 aromatic heterocycles. The van der Waals surface area contributed by atoms with E-state index in [1.807, 2.05) is 7.11 Å². The van der Waals surface area contributed by atoms with Crippen LogP contribution in [-0.2, 0) is 4.74 Å². The van der Waals surface area contributed by atoms with Crippen molar-refractivity contribution in [2.24, 2.45) is 34.5 Å². The van der Waals surface area contributed by atoms with E-state index >= 15 is 0 Å². The quantitative estimate of drug-likeness (QED) is 0.819. The molecule has 4 aliphatic carbocycles. The summed E-state index contributed by atoms with van der Waals surface area (Å²) in [4.78, 5) is 0. The van der Waals surface area contributed by atoms with Crippen LogP contribution in [0.15, 0.2) is 0 Å². The molecule has 8 atom stereocenters. The molecule has 4 saturated carbocycles. The minimum atomic E-state index is -0.130. The van der Waals surface area contributed by atoms with Crippen LogP contribution in [0.4, 0.5) is 0 Å². The smallest absolute Gasteiger partial charge is 0.0627 e. The van der Waals surface area contributed by atoms with E-state index in [9.17, 15) is 10.2 Å². The van der Waals surface area contributed by atoms with Gasteiger partial charge >= 0.3 is 0 Å². The molecule has 3 heteroatoms. The lowest BCUT2D eigenvalue weighted by Gasteiger charge is -2.61. The first kappa shape index (κ1) is 16.4. The molecule has 0 amide bonds. The predicted molar refractivity (Wildman–Crippen MR) is 89.9 cm³/mol. The van der Waals surface area contributed by atoms with E-state index in [2.05, 4.69) is 6.92 Å². The fourth-order valence-electron chi connectivity index (χ4n) is 7.68. The molecule has 0 aromatic carbocycles. The molecule has 23 heavy (non-hydrogen) atoms. The average Bonchev–Trinajstić information content (AvgIpc) is 2.90. The van der Waals surface area contributed by atoms with Gasteiger partial charge in [0.2, 0.25) is 0 Å². The SMILES string of the molecule is CO[C@H]1CC[C@H]2[C@@H]3CC[C@H]4CC(O)CC[C@]4(CO)[C@H]3CC[C@]12C. The van der Waals surface area contributed by atoms with Crippen molar-refractivity contribution in [3.8, 4) is 0 Å². The van der Waals surface area contributed by atoms with E-state index in [1.54, 1.807) is 0 Å². The van der Waals surface area contributed by atoms with Crippen molar-refractivity contribution in [1.82, 2.24) is 0 Å². The van der Waals surface area contributed by atoms with Crippen molar-refractivity contribution < 1.29 is 14.9 Å². The van der Waals surface area contributed by atoms with Crippen LogP contribution in [0, 0.1) is 34.5 Å². The second-order valence-electron chi connectivity index (χ2n) is 9.32. The summed E-state index contributed by atoms with van der Waals surface area (Å²) in [6.45, 7) is 2.81. The van der Waals surface area contributed by atoms with Crippen molar-refractivity contribution >= 4 is 0 Å². The third-order valence-electron chi connectivity index (χ3n) is 8.83. The molecule has 0 bridgehead atoms. The molecule has 1 unspecified atom stereocenters. The molecule has 4 rings (SSSR count). The van der Waals surface area contributed by atoms with Gasteiger partial charge in [-0.05, 0) is 92.3 Å². The average molecular weight is 322 g/mol. The number of fused-ring (bicyclic) bond motifs is 5. The molecule has 0 radical (unpaired) electrons. The van der Waals surface area contributed by atoms with Crippen LogP contribution >= 0.6 is 0 Å². The summed E-state index contributed by atoms with van der Waals surface area (Å²) in [7, 11) is 1.89. The van der Waals surface area contributed by atoms with Crippen LogP contribution in [0.1, 0.15) is 64.7 Å². The van der Waals surface area contributed by atoms with Gasteiger partial charge in [-0.15, -0.1) is 0 Å². The molecule has 3 nitrogen and oxygen atoms in total. The molecule has 0 aromatic rings. The third-order valence-corrected chi connectivity index (χ3v) is 8.83. The second-order valence-corrected chi connectivity index (χ2v) is 9.32. The van der Waals surface area contributed by atoms with Crippen LogP contribution in [0.2, 0.25) is 0 Å². The Labute approximate surface area is 140 Å². The Morgan fingerprint density at radius 2 is 1.83 bits per heavy atom. The lowest BCUT2D eigenvalue weighted by atomic mass is 9.44. The van der Waals surface area contributed by atoms with Crippen molar-refractivity contribution in [3.63, 3.8) is 0 Å². The maximum Gasteiger partial charge on any atom is 0.0627 e. The van der Waals surface area contributed by atoms with E-state index in [0.29, 0.717) is 30.0 Å². The highest BCUT2D eigenvalue weighted by atomic mass is 16.5. The summed E-state index contributed by atoms with van der Waals surface area (Å²) in [6.07, 6.45) is 10.7. The molecule has 0 spiro atoms. The summed E-state index contributed by atoms with van der Waals surface area (Å²) >= 11 is 0. The van der Waals surface area contributed by atoms with Crippen LogP contribution in [0.5, 0.6) is 0 Å². The van der Waals surface area contributed by atoms with Crippen LogP contribution in [0.3, 0.4) is 0 Å². The van der Waals surface area contributed by atoms with Crippen LogP contribution in [-0.4, -0.2) is 36.1 Å². The minimum absolute atomic E-state index is 0.106. The first-order valence-electron chi connectivity index (χ1n) is 9.87. The van der Waals surface area contributed by atoms with Gasteiger partial charge in [-0.2, -0.15) is 0 Å². The lowest BCUT2D eigenvalue weighted by Crippen LogP contribution is -2.57. The summed E-state index contributed by atoms with van der Waals surface area (Å²) in [5.41, 5.74) is 0.461.